The molecule has 0 N–H and O–H groups in total. The van der Waals surface area contributed by atoms with Gasteiger partial charge in [0, 0.05) is 43.5 Å². The predicted octanol–water partition coefficient (Wildman–Crippen LogP) is 24.8. The quantitative estimate of drug-likeness (QED) is 0.134. The van der Waals surface area contributed by atoms with Gasteiger partial charge in [0.1, 0.15) is 0 Å². The molecule has 2 nitrogen and oxygen atoms in total. The maximum absolute atomic E-state index is 2.61. The second-order valence-electron chi connectivity index (χ2n) is 27.0. The maximum atomic E-state index is 2.61. The first-order valence-corrected chi connectivity index (χ1v) is 33.1. The Bertz CT molecular complexity index is 5620. The third kappa shape index (κ3) is 7.84. The SMILES string of the molecule is CC1(C)c2ccccc2-c2ccc(-c3c4cc5c(-c6ccccc6)c(-c6ccccc6)n(-c6cccc7ccccc67)c5cc4c(-c4ccc5c(c4)C(C)(C)c4ccccc4-5)c4cc5c(-c6ccccc6)c(-c6ccccc6)n(-c6cccc7ccccc67)c5cc34)cc21. The largest absolute Gasteiger partial charge is 0.308 e. The lowest BCUT2D eigenvalue weighted by Gasteiger charge is -2.24. The molecule has 0 atom stereocenters. The van der Waals surface area contributed by atoms with Crippen molar-refractivity contribution in [3.63, 3.8) is 0 Å². The van der Waals surface area contributed by atoms with Gasteiger partial charge in [-0.05, 0) is 170 Å². The van der Waals surface area contributed by atoms with Crippen molar-refractivity contribution in [2.45, 2.75) is 38.5 Å². The number of nitrogens with zero attached hydrogens (tertiary/aromatic N) is 2. The smallest absolute Gasteiger partial charge is 0.0619 e. The van der Waals surface area contributed by atoms with Gasteiger partial charge in [0.15, 0.2) is 0 Å². The van der Waals surface area contributed by atoms with Gasteiger partial charge in [0.05, 0.1) is 33.8 Å². The van der Waals surface area contributed by atoms with Crippen LogP contribution in [0.2, 0.25) is 0 Å². The molecule has 2 heteroatoms. The summed E-state index contributed by atoms with van der Waals surface area (Å²) in [5.74, 6) is 0. The zero-order valence-corrected chi connectivity index (χ0v) is 52.9. The summed E-state index contributed by atoms with van der Waals surface area (Å²) in [7, 11) is 0. The number of fused-ring (bicyclic) bond motifs is 12. The highest BCUT2D eigenvalue weighted by Crippen LogP contribution is 2.57. The van der Waals surface area contributed by atoms with Crippen LogP contribution < -0.4 is 0 Å². The minimum Gasteiger partial charge on any atom is -0.308 e. The van der Waals surface area contributed by atoms with Gasteiger partial charge >= 0.3 is 0 Å². The van der Waals surface area contributed by atoms with E-state index in [4.69, 9.17) is 0 Å². The summed E-state index contributed by atoms with van der Waals surface area (Å²) < 4.78 is 5.21. The Kier molecular flexibility index (Phi) is 11.8. The summed E-state index contributed by atoms with van der Waals surface area (Å²) in [6.07, 6.45) is 0. The van der Waals surface area contributed by atoms with E-state index in [0.29, 0.717) is 0 Å². The molecule has 0 unspecified atom stereocenters. The van der Waals surface area contributed by atoms with Gasteiger partial charge < -0.3 is 9.13 Å². The van der Waals surface area contributed by atoms with Crippen LogP contribution in [0, 0.1) is 0 Å². The van der Waals surface area contributed by atoms with E-state index < -0.39 is 0 Å². The average Bonchev–Trinajstić information content (AvgIpc) is 1.37. The lowest BCUT2D eigenvalue weighted by Crippen LogP contribution is -2.15. The van der Waals surface area contributed by atoms with Crippen LogP contribution >= 0.6 is 0 Å². The van der Waals surface area contributed by atoms with Gasteiger partial charge in [0.2, 0.25) is 0 Å². The minimum atomic E-state index is -0.248. The molecule has 15 aromatic carbocycles. The first-order chi connectivity index (χ1) is 46.2. The van der Waals surface area contributed by atoms with Gasteiger partial charge in [-0.1, -0.05) is 295 Å². The van der Waals surface area contributed by atoms with Crippen LogP contribution in [0.15, 0.2) is 315 Å². The fraction of sp³-hybridized carbons (Fsp3) is 0.0652. The molecule has 442 valence electrons. The first kappa shape index (κ1) is 54.2. The third-order valence-corrected chi connectivity index (χ3v) is 21.3. The van der Waals surface area contributed by atoms with Crippen LogP contribution in [0.25, 0.3) is 166 Å². The van der Waals surface area contributed by atoms with Crippen molar-refractivity contribution in [3.8, 4) is 101 Å². The van der Waals surface area contributed by atoms with Gasteiger partial charge in [-0.2, -0.15) is 0 Å². The van der Waals surface area contributed by atoms with E-state index in [0.717, 1.165) is 44.9 Å². The van der Waals surface area contributed by atoms with Crippen molar-refractivity contribution in [2.75, 3.05) is 0 Å². The molecule has 0 aliphatic heterocycles. The summed E-state index contributed by atoms with van der Waals surface area (Å²) >= 11 is 0. The Morgan fingerprint density at radius 3 is 0.957 bits per heavy atom. The summed E-state index contributed by atoms with van der Waals surface area (Å²) in [5, 5.41) is 12.0. The molecule has 0 fully saturated rings. The summed E-state index contributed by atoms with van der Waals surface area (Å²) in [4.78, 5) is 0. The number of benzene rings is 15. The van der Waals surface area contributed by atoms with E-state index in [2.05, 4.69) is 352 Å². The van der Waals surface area contributed by atoms with Crippen molar-refractivity contribution in [1.82, 2.24) is 9.13 Å². The van der Waals surface area contributed by atoms with Gasteiger partial charge in [0.25, 0.3) is 0 Å². The molecule has 2 aliphatic carbocycles. The van der Waals surface area contributed by atoms with Gasteiger partial charge in [-0.15, -0.1) is 0 Å². The monoisotopic (exact) mass is 1200 g/mol. The Morgan fingerprint density at radius 2 is 0.543 bits per heavy atom. The standard InChI is InChI=1S/C92H64N2/c1-91(2)77-43-23-21-41-67(77)69-49-47-63(51-79(69)91)85-71-53-75-84(94(82-46-26-38-58-28-18-20-40-66(58)82)89(61-33-13-7-14-34-61)87(75)59-29-9-5-10-30-59)56-74(71)86(64-48-50-70-68-42-22-24-44-78(68)92(3,4)80(70)52-64)72-54-76-83(55-73(72)85)93(81-45-25-37-57-27-17-19-39-65(57)81)90(62-35-15-8-16-36-62)88(76)60-31-11-6-12-32-60/h5-56H,1-4H3. The zero-order valence-electron chi connectivity index (χ0n) is 52.9. The third-order valence-electron chi connectivity index (χ3n) is 21.3. The topological polar surface area (TPSA) is 9.86 Å². The van der Waals surface area contributed by atoms with E-state index in [1.54, 1.807) is 0 Å². The molecule has 17 aromatic rings. The van der Waals surface area contributed by atoms with Crippen LogP contribution in [-0.4, -0.2) is 9.13 Å². The molecule has 2 aromatic heterocycles. The van der Waals surface area contributed by atoms with Crippen LogP contribution in [-0.2, 0) is 10.8 Å². The van der Waals surface area contributed by atoms with Crippen LogP contribution in [0.1, 0.15) is 49.9 Å². The van der Waals surface area contributed by atoms with Gasteiger partial charge in [-0.3, -0.25) is 0 Å². The number of hydrogen-bond donors (Lipinski definition) is 0. The number of hydrogen-bond acceptors (Lipinski definition) is 0. The zero-order chi connectivity index (χ0) is 62.6. The number of aromatic nitrogens is 2. The molecule has 0 bridgehead atoms. The minimum absolute atomic E-state index is 0.248. The Labute approximate surface area is 547 Å². The van der Waals surface area contributed by atoms with Crippen LogP contribution in [0.5, 0.6) is 0 Å². The summed E-state index contributed by atoms with van der Waals surface area (Å²) in [5.41, 5.74) is 28.9. The van der Waals surface area contributed by atoms with Crippen molar-refractivity contribution in [1.29, 1.82) is 0 Å². The van der Waals surface area contributed by atoms with E-state index >= 15 is 0 Å². The summed E-state index contributed by atoms with van der Waals surface area (Å²) in [6, 6.07) is 119. The first-order valence-electron chi connectivity index (χ1n) is 33.1. The highest BCUT2D eigenvalue weighted by Gasteiger charge is 2.38. The van der Waals surface area contributed by atoms with Crippen molar-refractivity contribution in [3.05, 3.63) is 338 Å². The molecule has 2 heterocycles. The Balaban J connectivity index is 1.07. The number of rotatable bonds is 8. The molecule has 19 rings (SSSR count). The normalized spacial score (nSPS) is 13.5. The van der Waals surface area contributed by atoms with E-state index in [-0.39, 0.29) is 10.8 Å². The van der Waals surface area contributed by atoms with E-state index in [9.17, 15) is 0 Å². The van der Waals surface area contributed by atoms with Crippen molar-refractivity contribution in [2.24, 2.45) is 0 Å². The van der Waals surface area contributed by atoms with Crippen LogP contribution in [0.4, 0.5) is 0 Å². The van der Waals surface area contributed by atoms with Gasteiger partial charge in [-0.25, -0.2) is 0 Å². The van der Waals surface area contributed by atoms with E-state index in [1.165, 1.54) is 143 Å². The molecule has 0 saturated carbocycles. The molecule has 0 spiro atoms. The molecule has 0 saturated heterocycles. The fourth-order valence-corrected chi connectivity index (χ4v) is 17.0. The Hall–Kier alpha value is -11.6. The maximum Gasteiger partial charge on any atom is 0.0619 e. The van der Waals surface area contributed by atoms with Crippen LogP contribution in [0.3, 0.4) is 0 Å². The lowest BCUT2D eigenvalue weighted by atomic mass is 9.79. The molecule has 0 radical (unpaired) electrons. The van der Waals surface area contributed by atoms with E-state index in [1.807, 2.05) is 0 Å². The van der Waals surface area contributed by atoms with Crippen molar-refractivity contribution >= 4 is 64.9 Å². The molecule has 0 amide bonds. The molecular weight excluding hydrogens is 1130 g/mol. The molecule has 94 heavy (non-hydrogen) atoms. The summed E-state index contributed by atoms with van der Waals surface area (Å²) in [6.45, 7) is 9.67. The second-order valence-corrected chi connectivity index (χ2v) is 27.0. The second kappa shape index (κ2) is 20.5. The highest BCUT2D eigenvalue weighted by atomic mass is 15.0. The fourth-order valence-electron chi connectivity index (χ4n) is 17.0. The Morgan fingerprint density at radius 1 is 0.213 bits per heavy atom. The highest BCUT2D eigenvalue weighted by molar-refractivity contribution is 6.28. The molecule has 2 aliphatic rings. The molecular formula is C92H64N2. The van der Waals surface area contributed by atoms with Crippen molar-refractivity contribution < 1.29 is 0 Å². The lowest BCUT2D eigenvalue weighted by molar-refractivity contribution is 0.660. The predicted molar refractivity (Wildman–Crippen MR) is 398 cm³/mol. The average molecular weight is 1200 g/mol.